The maximum absolute atomic E-state index is 12.5. The van der Waals surface area contributed by atoms with Crippen LogP contribution in [-0.4, -0.2) is 24.9 Å². The third-order valence-electron chi connectivity index (χ3n) is 2.88. The molecule has 2 heterocycles. The summed E-state index contributed by atoms with van der Waals surface area (Å²) in [6.07, 6.45) is 2.33. The van der Waals surface area contributed by atoms with Crippen molar-refractivity contribution in [1.29, 1.82) is 0 Å². The average Bonchev–Trinajstić information content (AvgIpc) is 2.89. The molecule has 0 saturated carbocycles. The number of aryl methyl sites for hydroxylation is 1. The Labute approximate surface area is 124 Å². The Hall–Kier alpha value is -2.06. The Morgan fingerprint density at radius 2 is 2.00 bits per heavy atom. The van der Waals surface area contributed by atoms with Crippen molar-refractivity contribution in [3.63, 3.8) is 0 Å². The van der Waals surface area contributed by atoms with Gasteiger partial charge in [-0.15, -0.1) is 10.2 Å². The third kappa shape index (κ3) is 2.47. The number of fused-ring (bicyclic) bond motifs is 1. The molecule has 3 aromatic rings. The van der Waals surface area contributed by atoms with E-state index in [0.717, 1.165) is 23.2 Å². The van der Waals surface area contributed by atoms with Gasteiger partial charge in [-0.2, -0.15) is 0 Å². The van der Waals surface area contributed by atoms with Crippen molar-refractivity contribution in [2.24, 2.45) is 0 Å². The highest BCUT2D eigenvalue weighted by atomic mass is 32.2. The lowest BCUT2D eigenvalue weighted by molar-refractivity contribution is 0.600. The molecule has 0 radical (unpaired) electrons. The van der Waals surface area contributed by atoms with Gasteiger partial charge in [0.15, 0.2) is 5.01 Å². The normalized spacial score (nSPS) is 11.9. The zero-order valence-corrected chi connectivity index (χ0v) is 12.8. The zero-order chi connectivity index (χ0) is 15.2. The van der Waals surface area contributed by atoms with E-state index >= 15 is 0 Å². The molecular weight excluding hydrogens is 312 g/mol. The Bertz CT molecular complexity index is 1000. The molecule has 3 rings (SSSR count). The van der Waals surface area contributed by atoms with Gasteiger partial charge in [0.2, 0.25) is 19.6 Å². The van der Waals surface area contributed by atoms with Crippen molar-refractivity contribution in [2.45, 2.75) is 11.3 Å². The van der Waals surface area contributed by atoms with Crippen molar-refractivity contribution >= 4 is 32.1 Å². The van der Waals surface area contributed by atoms with E-state index in [-0.39, 0.29) is 20.3 Å². The van der Waals surface area contributed by atoms with Gasteiger partial charge in [-0.1, -0.05) is 23.0 Å². The van der Waals surface area contributed by atoms with Crippen molar-refractivity contribution < 1.29 is 12.8 Å². The molecule has 1 aromatic carbocycles. The molecule has 0 aliphatic heterocycles. The summed E-state index contributed by atoms with van der Waals surface area (Å²) in [7, 11) is -3.44. The smallest absolute Gasteiger partial charge is 0.232 e. The van der Waals surface area contributed by atoms with Gasteiger partial charge in [-0.3, -0.25) is 4.79 Å². The Morgan fingerprint density at radius 1 is 1.24 bits per heavy atom. The third-order valence-corrected chi connectivity index (χ3v) is 5.51. The molecule has 0 aliphatic carbocycles. The molecule has 21 heavy (non-hydrogen) atoms. The van der Waals surface area contributed by atoms with Crippen molar-refractivity contribution in [1.82, 2.24) is 10.2 Å². The van der Waals surface area contributed by atoms with E-state index in [9.17, 15) is 13.2 Å². The summed E-state index contributed by atoms with van der Waals surface area (Å²) in [4.78, 5) is 12.5. The largest absolute Gasteiger partial charge is 0.463 e. The second-order valence-electron chi connectivity index (χ2n) is 4.62. The minimum atomic E-state index is -3.44. The van der Waals surface area contributed by atoms with Gasteiger partial charge >= 0.3 is 0 Å². The number of nitrogens with zero attached hydrogens (tertiary/aromatic N) is 2. The molecule has 2 aromatic heterocycles. The van der Waals surface area contributed by atoms with Crippen LogP contribution in [-0.2, 0) is 9.84 Å². The first-order valence-electron chi connectivity index (χ1n) is 5.92. The van der Waals surface area contributed by atoms with Crippen LogP contribution in [0.1, 0.15) is 5.56 Å². The number of aromatic nitrogens is 2. The summed E-state index contributed by atoms with van der Waals surface area (Å²) >= 11 is 0.850. The van der Waals surface area contributed by atoms with Crippen LogP contribution < -0.4 is 5.43 Å². The number of hydrogen-bond acceptors (Lipinski definition) is 7. The van der Waals surface area contributed by atoms with E-state index in [0.29, 0.717) is 11.0 Å². The van der Waals surface area contributed by atoms with Gasteiger partial charge in [-0.25, -0.2) is 8.42 Å². The molecule has 0 N–H and O–H groups in total. The van der Waals surface area contributed by atoms with Crippen molar-refractivity contribution in [3.05, 3.63) is 40.2 Å². The van der Waals surface area contributed by atoms with Gasteiger partial charge in [0.05, 0.1) is 10.9 Å². The van der Waals surface area contributed by atoms with Gasteiger partial charge in [-0.05, 0) is 19.1 Å². The first-order valence-corrected chi connectivity index (χ1v) is 8.63. The monoisotopic (exact) mass is 322 g/mol. The van der Waals surface area contributed by atoms with Gasteiger partial charge in [0.25, 0.3) is 0 Å². The van der Waals surface area contributed by atoms with Crippen molar-refractivity contribution in [3.8, 4) is 10.6 Å². The molecule has 0 unspecified atom stereocenters. The van der Waals surface area contributed by atoms with Crippen LogP contribution in [0.2, 0.25) is 0 Å². The Morgan fingerprint density at radius 3 is 2.67 bits per heavy atom. The van der Waals surface area contributed by atoms with Crippen molar-refractivity contribution in [2.75, 3.05) is 6.26 Å². The summed E-state index contributed by atoms with van der Waals surface area (Å²) in [5.41, 5.74) is 1.36. The molecular formula is C13H10N2O4S2. The second kappa shape index (κ2) is 4.74. The van der Waals surface area contributed by atoms with Crippen LogP contribution in [0.5, 0.6) is 0 Å². The maximum atomic E-state index is 12.5. The molecule has 0 amide bonds. The predicted octanol–water partition coefficient (Wildman–Crippen LogP) is 2.02. The lowest BCUT2D eigenvalue weighted by Crippen LogP contribution is -2.04. The van der Waals surface area contributed by atoms with E-state index in [1.807, 2.05) is 13.0 Å². The molecule has 0 bridgehead atoms. The number of hydrogen-bond donors (Lipinski definition) is 0. The molecule has 8 heteroatoms. The molecule has 0 aliphatic rings. The van der Waals surface area contributed by atoms with Crippen LogP contribution >= 0.6 is 11.3 Å². The fraction of sp³-hybridized carbons (Fsp3) is 0.154. The van der Waals surface area contributed by atoms with Gasteiger partial charge in [0, 0.05) is 6.26 Å². The highest BCUT2D eigenvalue weighted by Crippen LogP contribution is 2.25. The quantitative estimate of drug-likeness (QED) is 0.717. The predicted molar refractivity (Wildman–Crippen MR) is 79.2 cm³/mol. The van der Waals surface area contributed by atoms with Crippen LogP contribution in [0.25, 0.3) is 21.5 Å². The minimum Gasteiger partial charge on any atom is -0.463 e. The second-order valence-corrected chi connectivity index (χ2v) is 7.79. The first-order chi connectivity index (χ1) is 9.86. The van der Waals surface area contributed by atoms with Crippen LogP contribution in [0, 0.1) is 6.92 Å². The molecule has 0 atom stereocenters. The van der Waals surface area contributed by atoms with E-state index < -0.39 is 9.84 Å². The summed E-state index contributed by atoms with van der Waals surface area (Å²) in [5, 5.41) is 8.04. The summed E-state index contributed by atoms with van der Waals surface area (Å²) < 4.78 is 28.1. The Balaban J connectivity index is 2.24. The molecule has 108 valence electrons. The summed E-state index contributed by atoms with van der Waals surface area (Å²) in [5.74, 6) is 0. The summed E-state index contributed by atoms with van der Waals surface area (Å²) in [6, 6.07) is 5.29. The highest BCUT2D eigenvalue weighted by Gasteiger charge is 2.18. The number of sulfone groups is 1. The molecule has 0 spiro atoms. The fourth-order valence-electron chi connectivity index (χ4n) is 1.86. The van der Waals surface area contributed by atoms with E-state index in [4.69, 9.17) is 4.42 Å². The average molecular weight is 322 g/mol. The standard InChI is InChI=1S/C13H10N2O4S2/c1-7-3-4-10-8(5-7)11(16)9(6-19-10)12-14-15-13(20-12)21(2,17)18/h3-6H,1-2H3. The fourth-order valence-corrected chi connectivity index (χ4v) is 3.47. The SMILES string of the molecule is Cc1ccc2occ(-c3nnc(S(C)(=O)=O)s3)c(=O)c2c1. The van der Waals surface area contributed by atoms with E-state index in [1.165, 1.54) is 6.26 Å². The summed E-state index contributed by atoms with van der Waals surface area (Å²) in [6.45, 7) is 1.87. The molecule has 6 nitrogen and oxygen atoms in total. The topological polar surface area (TPSA) is 90.1 Å². The van der Waals surface area contributed by atoms with E-state index in [2.05, 4.69) is 10.2 Å². The first kappa shape index (κ1) is 13.9. The number of benzene rings is 1. The minimum absolute atomic E-state index is 0.124. The van der Waals surface area contributed by atoms with Gasteiger partial charge in [0.1, 0.15) is 11.8 Å². The highest BCUT2D eigenvalue weighted by molar-refractivity contribution is 7.92. The van der Waals surface area contributed by atoms with Crippen LogP contribution in [0.15, 0.2) is 38.0 Å². The zero-order valence-electron chi connectivity index (χ0n) is 11.2. The number of rotatable bonds is 2. The Kier molecular flexibility index (Phi) is 3.14. The lowest BCUT2D eigenvalue weighted by Gasteiger charge is -2.00. The van der Waals surface area contributed by atoms with Crippen LogP contribution in [0.4, 0.5) is 0 Å². The maximum Gasteiger partial charge on any atom is 0.232 e. The molecule has 0 saturated heterocycles. The van der Waals surface area contributed by atoms with E-state index in [1.54, 1.807) is 12.1 Å². The van der Waals surface area contributed by atoms with Gasteiger partial charge < -0.3 is 4.42 Å². The van der Waals surface area contributed by atoms with Crippen LogP contribution in [0.3, 0.4) is 0 Å². The lowest BCUT2D eigenvalue weighted by atomic mass is 10.1. The molecule has 0 fully saturated rings.